The Morgan fingerprint density at radius 2 is 1.65 bits per heavy atom. The summed E-state index contributed by atoms with van der Waals surface area (Å²) in [5, 5.41) is 1.46. The standard InChI is InChI=1S/C13H8ClN3/c14-13-12(16-7-8-17-13)10-5-1-3-9-4-2-6-15-11(9)10/h1-8H. The molecule has 3 nitrogen and oxygen atoms in total. The van der Waals surface area contributed by atoms with Gasteiger partial charge in [-0.05, 0) is 6.07 Å². The second-order valence-electron chi connectivity index (χ2n) is 3.58. The van der Waals surface area contributed by atoms with Crippen molar-refractivity contribution in [2.45, 2.75) is 0 Å². The lowest BCUT2D eigenvalue weighted by atomic mass is 10.1. The number of aromatic nitrogens is 3. The van der Waals surface area contributed by atoms with Crippen LogP contribution < -0.4 is 0 Å². The van der Waals surface area contributed by atoms with E-state index in [4.69, 9.17) is 11.6 Å². The summed E-state index contributed by atoms with van der Waals surface area (Å²) in [6.07, 6.45) is 4.96. The highest BCUT2D eigenvalue weighted by Crippen LogP contribution is 2.28. The Morgan fingerprint density at radius 3 is 2.53 bits per heavy atom. The van der Waals surface area contributed by atoms with Gasteiger partial charge in [-0.2, -0.15) is 0 Å². The van der Waals surface area contributed by atoms with Crippen molar-refractivity contribution in [1.29, 1.82) is 0 Å². The van der Waals surface area contributed by atoms with E-state index < -0.39 is 0 Å². The fourth-order valence-corrected chi connectivity index (χ4v) is 2.00. The summed E-state index contributed by atoms with van der Waals surface area (Å²) >= 11 is 6.06. The van der Waals surface area contributed by atoms with E-state index in [1.165, 1.54) is 0 Å². The van der Waals surface area contributed by atoms with Gasteiger partial charge in [-0.3, -0.25) is 9.97 Å². The third-order valence-corrected chi connectivity index (χ3v) is 2.82. The van der Waals surface area contributed by atoms with E-state index >= 15 is 0 Å². The average molecular weight is 242 g/mol. The molecule has 0 aliphatic heterocycles. The molecule has 0 N–H and O–H groups in total. The molecule has 0 atom stereocenters. The molecule has 0 spiro atoms. The van der Waals surface area contributed by atoms with Gasteiger partial charge in [-0.15, -0.1) is 0 Å². The molecule has 0 saturated heterocycles. The van der Waals surface area contributed by atoms with E-state index in [1.807, 2.05) is 30.3 Å². The van der Waals surface area contributed by atoms with Crippen LogP contribution in [0, 0.1) is 0 Å². The molecule has 4 heteroatoms. The third kappa shape index (κ3) is 1.74. The fraction of sp³-hybridized carbons (Fsp3) is 0. The third-order valence-electron chi connectivity index (χ3n) is 2.54. The molecule has 82 valence electrons. The maximum absolute atomic E-state index is 6.06. The zero-order valence-corrected chi connectivity index (χ0v) is 9.59. The molecule has 0 unspecified atom stereocenters. The lowest BCUT2D eigenvalue weighted by molar-refractivity contribution is 1.21. The molecule has 2 heterocycles. The zero-order chi connectivity index (χ0) is 11.7. The normalized spacial score (nSPS) is 10.6. The van der Waals surface area contributed by atoms with Crippen molar-refractivity contribution in [3.8, 4) is 11.3 Å². The Kier molecular flexibility index (Phi) is 2.46. The van der Waals surface area contributed by atoms with Crippen LogP contribution in [0.25, 0.3) is 22.2 Å². The molecule has 2 aromatic heterocycles. The van der Waals surface area contributed by atoms with Gasteiger partial charge < -0.3 is 0 Å². The molecule has 0 radical (unpaired) electrons. The second kappa shape index (κ2) is 4.11. The van der Waals surface area contributed by atoms with Crippen LogP contribution in [0.4, 0.5) is 0 Å². The first-order valence-electron chi connectivity index (χ1n) is 5.17. The van der Waals surface area contributed by atoms with Crippen LogP contribution in [0.15, 0.2) is 48.9 Å². The van der Waals surface area contributed by atoms with E-state index in [-0.39, 0.29) is 0 Å². The van der Waals surface area contributed by atoms with E-state index in [1.54, 1.807) is 18.6 Å². The molecule has 0 aliphatic rings. The molecule has 17 heavy (non-hydrogen) atoms. The van der Waals surface area contributed by atoms with Gasteiger partial charge in [0.1, 0.15) is 5.69 Å². The zero-order valence-electron chi connectivity index (χ0n) is 8.84. The number of rotatable bonds is 1. The predicted octanol–water partition coefficient (Wildman–Crippen LogP) is 3.35. The maximum atomic E-state index is 6.06. The van der Waals surface area contributed by atoms with Crippen molar-refractivity contribution in [3.63, 3.8) is 0 Å². The van der Waals surface area contributed by atoms with Crippen LogP contribution >= 0.6 is 11.6 Å². The molecule has 0 fully saturated rings. The van der Waals surface area contributed by atoms with E-state index in [2.05, 4.69) is 15.0 Å². The van der Waals surface area contributed by atoms with Crippen molar-refractivity contribution in [1.82, 2.24) is 15.0 Å². The molecule has 0 amide bonds. The summed E-state index contributed by atoms with van der Waals surface area (Å²) in [6.45, 7) is 0. The summed E-state index contributed by atoms with van der Waals surface area (Å²) < 4.78 is 0. The Morgan fingerprint density at radius 1 is 0.824 bits per heavy atom. The first-order chi connectivity index (χ1) is 8.36. The van der Waals surface area contributed by atoms with Crippen LogP contribution in [0.1, 0.15) is 0 Å². The highest BCUT2D eigenvalue weighted by atomic mass is 35.5. The van der Waals surface area contributed by atoms with Crippen molar-refractivity contribution >= 4 is 22.5 Å². The maximum Gasteiger partial charge on any atom is 0.155 e. The van der Waals surface area contributed by atoms with Gasteiger partial charge in [0, 0.05) is 29.5 Å². The molecule has 0 saturated carbocycles. The van der Waals surface area contributed by atoms with Gasteiger partial charge in [0.15, 0.2) is 5.15 Å². The van der Waals surface area contributed by atoms with Crippen molar-refractivity contribution in [2.75, 3.05) is 0 Å². The average Bonchev–Trinajstić information content (AvgIpc) is 2.39. The van der Waals surface area contributed by atoms with Crippen LogP contribution in [-0.4, -0.2) is 15.0 Å². The molecule has 1 aromatic carbocycles. The van der Waals surface area contributed by atoms with E-state index in [0.29, 0.717) is 10.8 Å². The molecule has 3 rings (SSSR count). The predicted molar refractivity (Wildman–Crippen MR) is 67.8 cm³/mol. The number of halogens is 1. The van der Waals surface area contributed by atoms with Gasteiger partial charge in [0.2, 0.25) is 0 Å². The second-order valence-corrected chi connectivity index (χ2v) is 3.93. The number of hydrogen-bond acceptors (Lipinski definition) is 3. The quantitative estimate of drug-likeness (QED) is 0.656. The summed E-state index contributed by atoms with van der Waals surface area (Å²) in [6, 6.07) is 9.84. The lowest BCUT2D eigenvalue weighted by Gasteiger charge is -2.05. The number of nitrogens with zero attached hydrogens (tertiary/aromatic N) is 3. The molecule has 3 aromatic rings. The Hall–Kier alpha value is -2.00. The molecular weight excluding hydrogens is 234 g/mol. The first kappa shape index (κ1) is 10.2. The van der Waals surface area contributed by atoms with E-state index in [0.717, 1.165) is 16.5 Å². The van der Waals surface area contributed by atoms with Crippen LogP contribution in [0.2, 0.25) is 5.15 Å². The Labute approximate surface area is 103 Å². The number of fused-ring (bicyclic) bond motifs is 1. The number of pyridine rings is 1. The first-order valence-corrected chi connectivity index (χ1v) is 5.55. The van der Waals surface area contributed by atoms with Gasteiger partial charge >= 0.3 is 0 Å². The summed E-state index contributed by atoms with van der Waals surface area (Å²) in [5.41, 5.74) is 2.46. The highest BCUT2D eigenvalue weighted by Gasteiger charge is 2.09. The largest absolute Gasteiger partial charge is 0.256 e. The van der Waals surface area contributed by atoms with Crippen molar-refractivity contribution < 1.29 is 0 Å². The van der Waals surface area contributed by atoms with Crippen LogP contribution in [-0.2, 0) is 0 Å². The van der Waals surface area contributed by atoms with Crippen LogP contribution in [0.3, 0.4) is 0 Å². The van der Waals surface area contributed by atoms with E-state index in [9.17, 15) is 0 Å². The highest BCUT2D eigenvalue weighted by molar-refractivity contribution is 6.32. The van der Waals surface area contributed by atoms with Gasteiger partial charge in [-0.25, -0.2) is 4.98 Å². The van der Waals surface area contributed by atoms with Gasteiger partial charge in [0.05, 0.1) is 5.52 Å². The van der Waals surface area contributed by atoms with Gasteiger partial charge in [0.25, 0.3) is 0 Å². The van der Waals surface area contributed by atoms with Gasteiger partial charge in [-0.1, -0.05) is 35.9 Å². The smallest absolute Gasteiger partial charge is 0.155 e. The Balaban J connectivity index is 2.35. The summed E-state index contributed by atoms with van der Waals surface area (Å²) in [4.78, 5) is 12.7. The number of hydrogen-bond donors (Lipinski definition) is 0. The van der Waals surface area contributed by atoms with Crippen molar-refractivity contribution in [3.05, 3.63) is 54.1 Å². The summed E-state index contributed by atoms with van der Waals surface area (Å²) in [5.74, 6) is 0. The molecule has 0 bridgehead atoms. The topological polar surface area (TPSA) is 38.7 Å². The van der Waals surface area contributed by atoms with Crippen molar-refractivity contribution in [2.24, 2.45) is 0 Å². The fourth-order valence-electron chi connectivity index (χ4n) is 1.80. The Bertz CT molecular complexity index is 677. The minimum Gasteiger partial charge on any atom is -0.256 e. The van der Waals surface area contributed by atoms with Crippen LogP contribution in [0.5, 0.6) is 0 Å². The SMILES string of the molecule is Clc1nccnc1-c1cccc2cccnc12. The lowest BCUT2D eigenvalue weighted by Crippen LogP contribution is -1.90. The minimum atomic E-state index is 0.394. The number of para-hydroxylation sites is 1. The molecular formula is C13H8ClN3. The minimum absolute atomic E-state index is 0.394. The number of benzene rings is 1. The molecule has 0 aliphatic carbocycles. The summed E-state index contributed by atoms with van der Waals surface area (Å²) in [7, 11) is 0. The monoisotopic (exact) mass is 241 g/mol.